The lowest BCUT2D eigenvalue weighted by Gasteiger charge is -2.05. The van der Waals surface area contributed by atoms with Crippen LogP contribution in [0.5, 0.6) is 0 Å². The fourth-order valence-corrected chi connectivity index (χ4v) is 0.615. The molecule has 0 fully saturated rings. The van der Waals surface area contributed by atoms with Crippen LogP contribution in [0.2, 0.25) is 0 Å². The minimum Gasteiger partial charge on any atom is -0.459 e. The van der Waals surface area contributed by atoms with Crippen molar-refractivity contribution in [3.8, 4) is 0 Å². The highest BCUT2D eigenvalue weighted by Gasteiger charge is 2.40. The molecule has 13 heavy (non-hydrogen) atoms. The Morgan fingerprint density at radius 3 is 2.54 bits per heavy atom. The molecule has 0 aromatic rings. The Bertz CT molecular complexity index is 184. The third-order valence-corrected chi connectivity index (χ3v) is 1.22. The van der Waals surface area contributed by atoms with Crippen molar-refractivity contribution in [2.45, 2.75) is 25.9 Å². The second kappa shape index (κ2) is 5.61. The Balaban J connectivity index is 3.49. The molecule has 0 radical (unpaired) electrons. The van der Waals surface area contributed by atoms with Crippen LogP contribution in [0.25, 0.3) is 0 Å². The highest BCUT2D eigenvalue weighted by molar-refractivity contribution is 5.75. The third kappa shape index (κ3) is 6.19. The van der Waals surface area contributed by atoms with Crippen molar-refractivity contribution in [2.75, 3.05) is 6.61 Å². The van der Waals surface area contributed by atoms with Crippen molar-refractivity contribution in [3.05, 3.63) is 12.2 Å². The number of rotatable bonds is 4. The van der Waals surface area contributed by atoms with Crippen molar-refractivity contribution < 1.29 is 22.7 Å². The van der Waals surface area contributed by atoms with E-state index in [1.54, 1.807) is 12.2 Å². The van der Waals surface area contributed by atoms with E-state index >= 15 is 0 Å². The maximum Gasteiger partial charge on any atom is 0.490 e. The first-order chi connectivity index (χ1) is 5.98. The molecule has 0 spiro atoms. The van der Waals surface area contributed by atoms with Crippen LogP contribution in [0.1, 0.15) is 19.8 Å². The van der Waals surface area contributed by atoms with Gasteiger partial charge in [-0.1, -0.05) is 12.2 Å². The quantitative estimate of drug-likeness (QED) is 0.392. The van der Waals surface area contributed by atoms with E-state index in [1.165, 1.54) is 0 Å². The maximum absolute atomic E-state index is 11.5. The lowest BCUT2D eigenvalue weighted by molar-refractivity contribution is -0.199. The summed E-state index contributed by atoms with van der Waals surface area (Å²) in [5.74, 6) is -2.12. The molecular weight excluding hydrogens is 185 g/mol. The first-order valence-corrected chi connectivity index (χ1v) is 3.83. The molecule has 0 heterocycles. The summed E-state index contributed by atoms with van der Waals surface area (Å²) in [6.07, 6.45) is -0.276. The van der Waals surface area contributed by atoms with Crippen LogP contribution >= 0.6 is 0 Å². The molecule has 0 amide bonds. The Morgan fingerprint density at radius 2 is 2.08 bits per heavy atom. The minimum atomic E-state index is -4.87. The van der Waals surface area contributed by atoms with Crippen LogP contribution < -0.4 is 0 Å². The van der Waals surface area contributed by atoms with Crippen molar-refractivity contribution >= 4 is 5.97 Å². The number of ether oxygens (including phenoxy) is 1. The van der Waals surface area contributed by atoms with E-state index in [2.05, 4.69) is 4.74 Å². The van der Waals surface area contributed by atoms with Gasteiger partial charge in [-0.05, 0) is 19.8 Å². The van der Waals surface area contributed by atoms with Gasteiger partial charge in [0.1, 0.15) is 0 Å². The largest absolute Gasteiger partial charge is 0.490 e. The van der Waals surface area contributed by atoms with E-state index in [1.807, 2.05) is 6.92 Å². The van der Waals surface area contributed by atoms with Gasteiger partial charge in [-0.3, -0.25) is 0 Å². The monoisotopic (exact) mass is 196 g/mol. The van der Waals surface area contributed by atoms with E-state index in [-0.39, 0.29) is 6.61 Å². The number of halogens is 3. The van der Waals surface area contributed by atoms with Crippen molar-refractivity contribution in [3.63, 3.8) is 0 Å². The van der Waals surface area contributed by atoms with E-state index in [9.17, 15) is 18.0 Å². The summed E-state index contributed by atoms with van der Waals surface area (Å²) in [6, 6.07) is 0. The van der Waals surface area contributed by atoms with Crippen LogP contribution in [0.15, 0.2) is 12.2 Å². The molecule has 0 aliphatic rings. The molecule has 0 atom stereocenters. The average Bonchev–Trinajstić information content (AvgIpc) is 2.02. The summed E-state index contributed by atoms with van der Waals surface area (Å²) in [6.45, 7) is 1.62. The molecule has 0 aromatic carbocycles. The summed E-state index contributed by atoms with van der Waals surface area (Å²) in [7, 11) is 0. The second-order valence-corrected chi connectivity index (χ2v) is 2.34. The lowest BCUT2D eigenvalue weighted by Crippen LogP contribution is -2.25. The van der Waals surface area contributed by atoms with Gasteiger partial charge in [0.2, 0.25) is 0 Å². The van der Waals surface area contributed by atoms with Gasteiger partial charge in [0.05, 0.1) is 6.61 Å². The number of alkyl halides is 3. The van der Waals surface area contributed by atoms with Gasteiger partial charge in [0, 0.05) is 0 Å². The Hall–Kier alpha value is -1.00. The van der Waals surface area contributed by atoms with Crippen molar-refractivity contribution in [1.29, 1.82) is 0 Å². The first kappa shape index (κ1) is 12.0. The summed E-state index contributed by atoms with van der Waals surface area (Å²) in [4.78, 5) is 10.1. The number of carbonyl (C=O) groups is 1. The van der Waals surface area contributed by atoms with Gasteiger partial charge in [0.25, 0.3) is 0 Å². The van der Waals surface area contributed by atoms with Gasteiger partial charge >= 0.3 is 12.1 Å². The molecule has 0 aliphatic heterocycles. The highest BCUT2D eigenvalue weighted by Crippen LogP contribution is 2.16. The lowest BCUT2D eigenvalue weighted by atomic mass is 10.3. The molecule has 76 valence electrons. The van der Waals surface area contributed by atoms with Gasteiger partial charge < -0.3 is 4.74 Å². The molecule has 0 N–H and O–H groups in total. The summed E-state index contributed by atoms with van der Waals surface area (Å²) in [5.41, 5.74) is 0. The number of unbranched alkanes of at least 4 members (excludes halogenated alkanes) is 1. The van der Waals surface area contributed by atoms with Crippen molar-refractivity contribution in [2.24, 2.45) is 0 Å². The van der Waals surface area contributed by atoms with Gasteiger partial charge in [0.15, 0.2) is 0 Å². The molecule has 0 unspecified atom stereocenters. The summed E-state index contributed by atoms with van der Waals surface area (Å²) in [5, 5.41) is 0. The SMILES string of the molecule is C/C=C/CCCOC(=O)C(F)(F)F. The zero-order chi connectivity index (χ0) is 10.3. The van der Waals surface area contributed by atoms with Gasteiger partial charge in [-0.25, -0.2) is 4.79 Å². The van der Waals surface area contributed by atoms with Crippen LogP contribution in [0.3, 0.4) is 0 Å². The normalized spacial score (nSPS) is 12.0. The molecule has 0 aromatic heterocycles. The Kier molecular flexibility index (Phi) is 5.18. The van der Waals surface area contributed by atoms with E-state index in [4.69, 9.17) is 0 Å². The van der Waals surface area contributed by atoms with Crippen LogP contribution in [-0.4, -0.2) is 18.8 Å². The molecule has 0 saturated carbocycles. The molecule has 0 aliphatic carbocycles. The maximum atomic E-state index is 11.5. The van der Waals surface area contributed by atoms with Crippen molar-refractivity contribution in [1.82, 2.24) is 0 Å². The van der Waals surface area contributed by atoms with E-state index in [0.29, 0.717) is 12.8 Å². The van der Waals surface area contributed by atoms with Crippen LogP contribution in [0.4, 0.5) is 13.2 Å². The number of hydrogen-bond acceptors (Lipinski definition) is 2. The zero-order valence-corrected chi connectivity index (χ0v) is 7.23. The predicted octanol–water partition coefficient (Wildman–Crippen LogP) is 2.45. The second-order valence-electron chi connectivity index (χ2n) is 2.34. The number of esters is 1. The standard InChI is InChI=1S/C8H11F3O2/c1-2-3-4-5-6-13-7(12)8(9,10)11/h2-3H,4-6H2,1H3/b3-2+. The number of carbonyl (C=O) groups excluding carboxylic acids is 1. The summed E-state index contributed by atoms with van der Waals surface area (Å²) >= 11 is 0. The molecule has 5 heteroatoms. The molecule has 0 rings (SSSR count). The third-order valence-electron chi connectivity index (χ3n) is 1.22. The zero-order valence-electron chi connectivity index (χ0n) is 7.23. The van der Waals surface area contributed by atoms with Gasteiger partial charge in [-0.2, -0.15) is 13.2 Å². The van der Waals surface area contributed by atoms with E-state index in [0.717, 1.165) is 0 Å². The Morgan fingerprint density at radius 1 is 1.46 bits per heavy atom. The fraction of sp³-hybridized carbons (Fsp3) is 0.625. The fourth-order valence-electron chi connectivity index (χ4n) is 0.615. The van der Waals surface area contributed by atoms with E-state index < -0.39 is 12.1 Å². The predicted molar refractivity (Wildman–Crippen MR) is 41.1 cm³/mol. The number of allylic oxidation sites excluding steroid dienone is 2. The molecule has 2 nitrogen and oxygen atoms in total. The van der Waals surface area contributed by atoms with Crippen LogP contribution in [0, 0.1) is 0 Å². The van der Waals surface area contributed by atoms with Crippen LogP contribution in [-0.2, 0) is 9.53 Å². The smallest absolute Gasteiger partial charge is 0.459 e. The van der Waals surface area contributed by atoms with Gasteiger partial charge in [-0.15, -0.1) is 0 Å². The minimum absolute atomic E-state index is 0.192. The first-order valence-electron chi connectivity index (χ1n) is 3.83. The number of hydrogen-bond donors (Lipinski definition) is 0. The molecule has 0 saturated heterocycles. The topological polar surface area (TPSA) is 26.3 Å². The summed E-state index contributed by atoms with van der Waals surface area (Å²) < 4.78 is 38.6. The molecule has 0 bridgehead atoms. The Labute approximate surface area is 74.4 Å². The average molecular weight is 196 g/mol. The molecular formula is C8H11F3O2. The highest BCUT2D eigenvalue weighted by atomic mass is 19.4.